The average molecular weight is 441 g/mol. The normalized spacial score (nSPS) is 10.9. The van der Waals surface area contributed by atoms with E-state index in [4.69, 9.17) is 9.47 Å². The van der Waals surface area contributed by atoms with Crippen LogP contribution in [0.4, 0.5) is 0 Å². The molecule has 0 amide bonds. The van der Waals surface area contributed by atoms with E-state index < -0.39 is 11.9 Å². The molecule has 0 atom stereocenters. The van der Waals surface area contributed by atoms with Crippen molar-refractivity contribution >= 4 is 11.9 Å². The van der Waals surface area contributed by atoms with Gasteiger partial charge in [-0.2, -0.15) is 0 Å². The first-order valence-corrected chi connectivity index (χ1v) is 10.7. The summed E-state index contributed by atoms with van der Waals surface area (Å²) in [5, 5.41) is 0. The van der Waals surface area contributed by atoms with Gasteiger partial charge in [-0.1, -0.05) is 87.7 Å². The Balaban J connectivity index is 1.70. The van der Waals surface area contributed by atoms with E-state index in [1.54, 1.807) is 19.1 Å². The number of hydrogen-bond acceptors (Lipinski definition) is 4. The summed E-state index contributed by atoms with van der Waals surface area (Å²) in [6, 6.07) is 24.0. The first-order chi connectivity index (χ1) is 15.7. The fraction of sp³-hybridized carbons (Fsp3) is 0.172. The topological polar surface area (TPSA) is 52.6 Å². The third-order valence-electron chi connectivity index (χ3n) is 5.37. The molecule has 0 spiro atoms. The maximum Gasteiger partial charge on any atom is 0.338 e. The van der Waals surface area contributed by atoms with Gasteiger partial charge in [-0.05, 0) is 46.9 Å². The lowest BCUT2D eigenvalue weighted by Gasteiger charge is -2.24. The second kappa shape index (κ2) is 10.1. The van der Waals surface area contributed by atoms with Crippen molar-refractivity contribution in [3.8, 4) is 28.0 Å². The summed E-state index contributed by atoms with van der Waals surface area (Å²) in [5.74, 6) is -0.354. The van der Waals surface area contributed by atoms with Crippen molar-refractivity contribution < 1.29 is 19.1 Å². The number of ether oxygens (including phenoxy) is 2. The van der Waals surface area contributed by atoms with Crippen LogP contribution in [-0.2, 0) is 19.7 Å². The highest BCUT2D eigenvalue weighted by Crippen LogP contribution is 2.29. The van der Waals surface area contributed by atoms with Gasteiger partial charge in [0.15, 0.2) is 0 Å². The van der Waals surface area contributed by atoms with Gasteiger partial charge in [0.2, 0.25) is 0 Å². The van der Waals surface area contributed by atoms with Crippen LogP contribution in [-0.4, -0.2) is 18.5 Å². The Hall–Kier alpha value is -3.92. The molecule has 0 aliphatic heterocycles. The highest BCUT2D eigenvalue weighted by molar-refractivity contribution is 5.88. The summed E-state index contributed by atoms with van der Waals surface area (Å²) < 4.78 is 10.5. The van der Waals surface area contributed by atoms with Crippen LogP contribution in [0.2, 0.25) is 0 Å². The summed E-state index contributed by atoms with van der Waals surface area (Å²) in [7, 11) is 0. The third-order valence-corrected chi connectivity index (χ3v) is 5.37. The molecule has 0 unspecified atom stereocenters. The van der Waals surface area contributed by atoms with Crippen molar-refractivity contribution in [3.63, 3.8) is 0 Å². The molecule has 0 heterocycles. The van der Waals surface area contributed by atoms with E-state index in [-0.39, 0.29) is 12.0 Å². The van der Waals surface area contributed by atoms with Gasteiger partial charge in [0.1, 0.15) is 12.4 Å². The van der Waals surface area contributed by atoms with Gasteiger partial charge in [0.25, 0.3) is 0 Å². The Bertz CT molecular complexity index is 1150. The van der Waals surface area contributed by atoms with Crippen LogP contribution < -0.4 is 4.74 Å². The minimum absolute atomic E-state index is 0.289. The molecule has 4 heteroatoms. The van der Waals surface area contributed by atoms with Gasteiger partial charge in [0.05, 0.1) is 0 Å². The van der Waals surface area contributed by atoms with Gasteiger partial charge >= 0.3 is 11.9 Å². The van der Waals surface area contributed by atoms with Crippen molar-refractivity contribution in [1.82, 2.24) is 0 Å². The van der Waals surface area contributed by atoms with Crippen molar-refractivity contribution in [2.45, 2.75) is 26.2 Å². The fourth-order valence-corrected chi connectivity index (χ4v) is 3.27. The number of rotatable bonds is 8. The summed E-state index contributed by atoms with van der Waals surface area (Å²) in [6.45, 7) is 13.0. The van der Waals surface area contributed by atoms with E-state index in [0.717, 1.165) is 27.8 Å². The number of carbonyl (C=O) groups is 2. The monoisotopic (exact) mass is 440 g/mol. The van der Waals surface area contributed by atoms with Gasteiger partial charge in [-0.15, -0.1) is 0 Å². The van der Waals surface area contributed by atoms with Crippen molar-refractivity contribution in [2.75, 3.05) is 6.61 Å². The molecule has 3 rings (SSSR count). The summed E-state index contributed by atoms with van der Waals surface area (Å²) >= 11 is 0. The summed E-state index contributed by atoms with van der Waals surface area (Å²) in [4.78, 5) is 23.0. The van der Waals surface area contributed by atoms with Crippen LogP contribution >= 0.6 is 0 Å². The SMILES string of the molecule is C=CC(=O)OCC(C)(C)c1ccc(-c2ccc(-c3ccc(OC(=O)C(=C)C)cc3)cc2)cc1. The molecule has 0 fully saturated rings. The first-order valence-electron chi connectivity index (χ1n) is 10.7. The zero-order chi connectivity index (χ0) is 24.0. The Morgan fingerprint density at radius 1 is 0.818 bits per heavy atom. The minimum atomic E-state index is -0.431. The quantitative estimate of drug-likeness (QED) is 0.228. The number of esters is 2. The Kier molecular flexibility index (Phi) is 7.29. The lowest BCUT2D eigenvalue weighted by Crippen LogP contribution is -2.25. The number of benzene rings is 3. The maximum absolute atomic E-state index is 11.6. The smallest absolute Gasteiger partial charge is 0.338 e. The van der Waals surface area contributed by atoms with Gasteiger partial charge in [-0.25, -0.2) is 9.59 Å². The summed E-state index contributed by atoms with van der Waals surface area (Å²) in [6.07, 6.45) is 1.18. The molecular weight excluding hydrogens is 412 g/mol. The molecule has 3 aromatic carbocycles. The maximum atomic E-state index is 11.6. The van der Waals surface area contributed by atoms with Crippen LogP contribution in [0, 0.1) is 0 Å². The van der Waals surface area contributed by atoms with Crippen LogP contribution in [0.25, 0.3) is 22.3 Å². The van der Waals surface area contributed by atoms with E-state index in [0.29, 0.717) is 11.3 Å². The Morgan fingerprint density at radius 2 is 1.24 bits per heavy atom. The molecule has 33 heavy (non-hydrogen) atoms. The highest BCUT2D eigenvalue weighted by atomic mass is 16.5. The number of hydrogen-bond donors (Lipinski definition) is 0. The van der Waals surface area contributed by atoms with E-state index >= 15 is 0 Å². The van der Waals surface area contributed by atoms with Crippen LogP contribution in [0.3, 0.4) is 0 Å². The molecule has 0 N–H and O–H groups in total. The Labute approximate surface area is 195 Å². The molecule has 0 aliphatic carbocycles. The van der Waals surface area contributed by atoms with Crippen LogP contribution in [0.15, 0.2) is 97.6 Å². The Morgan fingerprint density at radius 3 is 1.67 bits per heavy atom. The summed E-state index contributed by atoms with van der Waals surface area (Å²) in [5.41, 5.74) is 5.46. The van der Waals surface area contributed by atoms with Crippen LogP contribution in [0.5, 0.6) is 5.75 Å². The predicted octanol–water partition coefficient (Wildman–Crippen LogP) is 6.51. The zero-order valence-electron chi connectivity index (χ0n) is 19.3. The molecule has 0 aromatic heterocycles. The molecule has 3 aromatic rings. The molecule has 4 nitrogen and oxygen atoms in total. The molecule has 0 saturated carbocycles. The van der Waals surface area contributed by atoms with Crippen LogP contribution in [0.1, 0.15) is 26.3 Å². The largest absolute Gasteiger partial charge is 0.462 e. The lowest BCUT2D eigenvalue weighted by atomic mass is 9.84. The predicted molar refractivity (Wildman–Crippen MR) is 132 cm³/mol. The third kappa shape index (κ3) is 6.07. The van der Waals surface area contributed by atoms with E-state index in [2.05, 4.69) is 61.7 Å². The molecule has 0 bridgehead atoms. The number of carbonyl (C=O) groups excluding carboxylic acids is 2. The molecule has 0 radical (unpaired) electrons. The van der Waals surface area contributed by atoms with Crippen molar-refractivity contribution in [3.05, 3.63) is 103 Å². The second-order valence-corrected chi connectivity index (χ2v) is 8.54. The van der Waals surface area contributed by atoms with Gasteiger partial charge in [0, 0.05) is 17.1 Å². The van der Waals surface area contributed by atoms with E-state index in [1.807, 2.05) is 26.0 Å². The van der Waals surface area contributed by atoms with Crippen molar-refractivity contribution in [1.29, 1.82) is 0 Å². The second-order valence-electron chi connectivity index (χ2n) is 8.54. The fourth-order valence-electron chi connectivity index (χ4n) is 3.27. The molecule has 0 saturated heterocycles. The van der Waals surface area contributed by atoms with Gasteiger partial charge < -0.3 is 9.47 Å². The zero-order valence-corrected chi connectivity index (χ0v) is 19.3. The average Bonchev–Trinajstić information content (AvgIpc) is 2.83. The standard InChI is InChI=1S/C29H28O4/c1-6-27(30)32-19-29(4,5)25-15-11-23(12-16-25)21-7-9-22(10-8-21)24-13-17-26(18-14-24)33-28(31)20(2)3/h6-18H,1-2,19H2,3-5H3. The minimum Gasteiger partial charge on any atom is -0.462 e. The molecule has 0 aliphatic rings. The van der Waals surface area contributed by atoms with Crippen molar-refractivity contribution in [2.24, 2.45) is 0 Å². The molecule has 168 valence electrons. The van der Waals surface area contributed by atoms with Gasteiger partial charge in [-0.3, -0.25) is 0 Å². The highest BCUT2D eigenvalue weighted by Gasteiger charge is 2.22. The lowest BCUT2D eigenvalue weighted by molar-refractivity contribution is -0.139. The van der Waals surface area contributed by atoms with E-state index in [9.17, 15) is 9.59 Å². The molecular formula is C29H28O4. The first kappa shape index (κ1) is 23.7. The van der Waals surface area contributed by atoms with E-state index in [1.165, 1.54) is 6.08 Å².